The number of rotatable bonds is 7. The van der Waals surface area contributed by atoms with Crippen LogP contribution in [-0.4, -0.2) is 14.3 Å². The maximum absolute atomic E-state index is 12.8. The largest absolute Gasteiger partial charge is 0.416 e. The highest BCUT2D eigenvalue weighted by Crippen LogP contribution is 2.39. The highest BCUT2D eigenvalue weighted by Gasteiger charge is 2.31. The lowest BCUT2D eigenvalue weighted by Gasteiger charge is -2.30. The van der Waals surface area contributed by atoms with Gasteiger partial charge in [-0.25, -0.2) is 4.98 Å². The van der Waals surface area contributed by atoms with Crippen LogP contribution >= 0.6 is 23.4 Å². The number of alkyl halides is 3. The zero-order valence-corrected chi connectivity index (χ0v) is 16.9. The molecular formula is C21H20ClF3N2S. The number of aryl methyl sites for hydroxylation is 1. The molecule has 0 spiro atoms. The maximum Gasteiger partial charge on any atom is 0.416 e. The van der Waals surface area contributed by atoms with Crippen LogP contribution in [0.25, 0.3) is 0 Å². The molecule has 1 heterocycles. The Morgan fingerprint density at radius 2 is 1.71 bits per heavy atom. The summed E-state index contributed by atoms with van der Waals surface area (Å²) in [5.74, 6) is 0. The third kappa shape index (κ3) is 5.79. The Hall–Kier alpha value is -1.92. The van der Waals surface area contributed by atoms with Gasteiger partial charge in [-0.1, -0.05) is 23.7 Å². The number of benzene rings is 2. The van der Waals surface area contributed by atoms with Crippen LogP contribution in [0.4, 0.5) is 13.2 Å². The molecule has 0 bridgehead atoms. The van der Waals surface area contributed by atoms with Gasteiger partial charge < -0.3 is 4.57 Å². The van der Waals surface area contributed by atoms with Gasteiger partial charge in [-0.05, 0) is 61.7 Å². The zero-order chi connectivity index (χ0) is 20.2. The normalized spacial score (nSPS) is 14.0. The van der Waals surface area contributed by atoms with E-state index < -0.39 is 11.7 Å². The summed E-state index contributed by atoms with van der Waals surface area (Å²) in [5, 5.41) is 0.698. The molecule has 2 nitrogen and oxygen atoms in total. The van der Waals surface area contributed by atoms with E-state index in [1.54, 1.807) is 36.4 Å². The van der Waals surface area contributed by atoms with E-state index in [1.165, 1.54) is 5.56 Å². The number of imidazole rings is 1. The molecule has 0 saturated carbocycles. The van der Waals surface area contributed by atoms with Crippen molar-refractivity contribution >= 4 is 23.4 Å². The predicted molar refractivity (Wildman–Crippen MR) is 108 cm³/mol. The lowest BCUT2D eigenvalue weighted by molar-refractivity contribution is -0.137. The summed E-state index contributed by atoms with van der Waals surface area (Å²) in [5.41, 5.74) is 0.545. The summed E-state index contributed by atoms with van der Waals surface area (Å²) in [7, 11) is 0. The van der Waals surface area contributed by atoms with Crippen molar-refractivity contribution in [1.29, 1.82) is 0 Å². The van der Waals surface area contributed by atoms with Crippen molar-refractivity contribution in [2.75, 3.05) is 0 Å². The van der Waals surface area contributed by atoms with Crippen molar-refractivity contribution < 1.29 is 13.2 Å². The molecule has 0 amide bonds. The first-order chi connectivity index (χ1) is 13.2. The molecule has 0 aliphatic carbocycles. The molecule has 0 radical (unpaired) electrons. The molecule has 0 fully saturated rings. The number of hydrogen-bond acceptors (Lipinski definition) is 2. The Kier molecular flexibility index (Phi) is 6.40. The van der Waals surface area contributed by atoms with Gasteiger partial charge in [-0.15, -0.1) is 11.8 Å². The summed E-state index contributed by atoms with van der Waals surface area (Å²) >= 11 is 7.54. The standard InChI is InChI=1S/C21H20ClF3N2S/c1-20(14-27-13-12-26-15-27,11-10-16-2-6-18(22)7-3-16)28-19-8-4-17(5-9-19)21(23,24)25/h2-9,12-13,15H,10-11,14H2,1H3. The minimum atomic E-state index is -4.32. The third-order valence-corrected chi connectivity index (χ3v) is 6.06. The first-order valence-electron chi connectivity index (χ1n) is 8.80. The van der Waals surface area contributed by atoms with Crippen LogP contribution in [0.5, 0.6) is 0 Å². The summed E-state index contributed by atoms with van der Waals surface area (Å²) in [6.45, 7) is 2.83. The van der Waals surface area contributed by atoms with Gasteiger partial charge in [0.2, 0.25) is 0 Å². The van der Waals surface area contributed by atoms with Gasteiger partial charge >= 0.3 is 6.18 Å². The van der Waals surface area contributed by atoms with Crippen LogP contribution in [0.1, 0.15) is 24.5 Å². The molecule has 7 heteroatoms. The van der Waals surface area contributed by atoms with Gasteiger partial charge in [0.1, 0.15) is 0 Å². The van der Waals surface area contributed by atoms with Crippen LogP contribution in [0.15, 0.2) is 72.1 Å². The van der Waals surface area contributed by atoms with E-state index in [1.807, 2.05) is 35.0 Å². The molecule has 0 saturated heterocycles. The molecule has 148 valence electrons. The molecule has 0 aliphatic rings. The number of thioether (sulfide) groups is 1. The van der Waals surface area contributed by atoms with Gasteiger partial charge in [0.15, 0.2) is 0 Å². The Labute approximate surface area is 171 Å². The van der Waals surface area contributed by atoms with Crippen LogP contribution in [0.2, 0.25) is 5.02 Å². The summed E-state index contributed by atoms with van der Waals surface area (Å²) in [4.78, 5) is 4.91. The van der Waals surface area contributed by atoms with Gasteiger partial charge in [0.05, 0.1) is 11.9 Å². The summed E-state index contributed by atoms with van der Waals surface area (Å²) in [6, 6.07) is 13.1. The highest BCUT2D eigenvalue weighted by atomic mass is 35.5. The zero-order valence-electron chi connectivity index (χ0n) is 15.3. The number of aromatic nitrogens is 2. The topological polar surface area (TPSA) is 17.8 Å². The Balaban J connectivity index is 1.76. The minimum Gasteiger partial charge on any atom is -0.336 e. The molecule has 3 aromatic rings. The summed E-state index contributed by atoms with van der Waals surface area (Å²) < 4.78 is 40.2. The van der Waals surface area contributed by atoms with Crippen LogP contribution in [-0.2, 0) is 19.1 Å². The van der Waals surface area contributed by atoms with E-state index in [2.05, 4.69) is 11.9 Å². The van der Waals surface area contributed by atoms with E-state index in [9.17, 15) is 13.2 Å². The third-order valence-electron chi connectivity index (χ3n) is 4.48. The molecule has 3 rings (SSSR count). The molecular weight excluding hydrogens is 405 g/mol. The number of halogens is 4. The fraction of sp³-hybridized carbons (Fsp3) is 0.286. The van der Waals surface area contributed by atoms with E-state index in [-0.39, 0.29) is 4.75 Å². The van der Waals surface area contributed by atoms with Crippen molar-refractivity contribution in [1.82, 2.24) is 9.55 Å². The van der Waals surface area contributed by atoms with Crippen molar-refractivity contribution in [2.45, 2.75) is 42.1 Å². The quantitative estimate of drug-likeness (QED) is 0.391. The Morgan fingerprint density at radius 3 is 2.29 bits per heavy atom. The van der Waals surface area contributed by atoms with E-state index in [0.29, 0.717) is 11.6 Å². The molecule has 2 aromatic carbocycles. The Morgan fingerprint density at radius 1 is 1.04 bits per heavy atom. The van der Waals surface area contributed by atoms with Gasteiger partial charge in [-0.2, -0.15) is 13.2 Å². The van der Waals surface area contributed by atoms with Crippen LogP contribution in [0, 0.1) is 0 Å². The van der Waals surface area contributed by atoms with Crippen molar-refractivity contribution in [3.05, 3.63) is 83.4 Å². The summed E-state index contributed by atoms with van der Waals surface area (Å²) in [6.07, 6.45) is 2.75. The predicted octanol–water partition coefficient (Wildman–Crippen LogP) is 6.74. The van der Waals surface area contributed by atoms with E-state index >= 15 is 0 Å². The maximum atomic E-state index is 12.8. The number of nitrogens with zero attached hydrogens (tertiary/aromatic N) is 2. The van der Waals surface area contributed by atoms with Gasteiger partial charge in [0, 0.05) is 33.6 Å². The molecule has 1 atom stereocenters. The first-order valence-corrected chi connectivity index (χ1v) is 9.99. The average molecular weight is 425 g/mol. The van der Waals surface area contributed by atoms with Crippen molar-refractivity contribution in [3.8, 4) is 0 Å². The minimum absolute atomic E-state index is 0.222. The molecule has 0 aliphatic heterocycles. The van der Waals surface area contributed by atoms with E-state index in [0.717, 1.165) is 29.9 Å². The lowest BCUT2D eigenvalue weighted by atomic mass is 10.00. The molecule has 28 heavy (non-hydrogen) atoms. The highest BCUT2D eigenvalue weighted by molar-refractivity contribution is 8.00. The SMILES string of the molecule is CC(CCc1ccc(Cl)cc1)(Cn1ccnc1)Sc1ccc(C(F)(F)F)cc1. The van der Waals surface area contributed by atoms with Crippen molar-refractivity contribution in [3.63, 3.8) is 0 Å². The second-order valence-electron chi connectivity index (χ2n) is 6.94. The van der Waals surface area contributed by atoms with Crippen molar-refractivity contribution in [2.24, 2.45) is 0 Å². The fourth-order valence-electron chi connectivity index (χ4n) is 2.99. The number of hydrogen-bond donors (Lipinski definition) is 0. The van der Waals surface area contributed by atoms with E-state index in [4.69, 9.17) is 11.6 Å². The fourth-order valence-corrected chi connectivity index (χ4v) is 4.37. The first kappa shape index (κ1) is 20.8. The molecule has 1 unspecified atom stereocenters. The Bertz CT molecular complexity index is 878. The molecule has 1 aromatic heterocycles. The smallest absolute Gasteiger partial charge is 0.336 e. The monoisotopic (exact) mass is 424 g/mol. The second kappa shape index (κ2) is 8.62. The van der Waals surface area contributed by atoms with Crippen LogP contribution in [0.3, 0.4) is 0 Å². The molecule has 0 N–H and O–H groups in total. The second-order valence-corrected chi connectivity index (χ2v) is 9.03. The average Bonchev–Trinajstić information content (AvgIpc) is 3.13. The van der Waals surface area contributed by atoms with Gasteiger partial charge in [-0.3, -0.25) is 0 Å². The van der Waals surface area contributed by atoms with Gasteiger partial charge in [0.25, 0.3) is 0 Å². The lowest BCUT2D eigenvalue weighted by Crippen LogP contribution is -2.27. The van der Waals surface area contributed by atoms with Crippen LogP contribution < -0.4 is 0 Å².